The Morgan fingerprint density at radius 3 is 2.53 bits per heavy atom. The summed E-state index contributed by atoms with van der Waals surface area (Å²) in [6, 6.07) is 11.3. The molecule has 2 heterocycles. The zero-order chi connectivity index (χ0) is 21.9. The van der Waals surface area contributed by atoms with Crippen molar-refractivity contribution in [2.75, 3.05) is 26.4 Å². The molecule has 1 aliphatic heterocycles. The SMILES string of the molecule is NC(=O)c1cc2cnn(C3CC3)c2cc1Oc1ccc(OCCOC2CCOCC2)cc1. The van der Waals surface area contributed by atoms with Gasteiger partial charge < -0.3 is 24.7 Å². The van der Waals surface area contributed by atoms with Gasteiger partial charge in [-0.15, -0.1) is 0 Å². The predicted molar refractivity (Wildman–Crippen MR) is 118 cm³/mol. The molecule has 0 bridgehead atoms. The number of carbonyl (C=O) groups is 1. The summed E-state index contributed by atoms with van der Waals surface area (Å²) in [5.74, 6) is 1.21. The van der Waals surface area contributed by atoms with Crippen molar-refractivity contribution in [3.05, 3.63) is 48.2 Å². The molecule has 3 aromatic rings. The van der Waals surface area contributed by atoms with E-state index in [9.17, 15) is 4.79 Å². The maximum absolute atomic E-state index is 12.0. The van der Waals surface area contributed by atoms with Gasteiger partial charge >= 0.3 is 0 Å². The molecule has 2 aromatic carbocycles. The van der Waals surface area contributed by atoms with E-state index in [2.05, 4.69) is 5.10 Å². The number of rotatable bonds is 9. The molecule has 8 heteroatoms. The van der Waals surface area contributed by atoms with Gasteiger partial charge in [0.15, 0.2) is 0 Å². The molecule has 1 saturated carbocycles. The molecule has 1 aliphatic carbocycles. The molecule has 8 nitrogen and oxygen atoms in total. The second-order valence-electron chi connectivity index (χ2n) is 8.20. The van der Waals surface area contributed by atoms with Crippen LogP contribution in [0, 0.1) is 0 Å². The number of hydrogen-bond donors (Lipinski definition) is 1. The van der Waals surface area contributed by atoms with Crippen LogP contribution >= 0.6 is 0 Å². The van der Waals surface area contributed by atoms with Gasteiger partial charge in [0.05, 0.1) is 36.0 Å². The Morgan fingerprint density at radius 1 is 1.06 bits per heavy atom. The average molecular weight is 437 g/mol. The average Bonchev–Trinajstić information content (AvgIpc) is 3.57. The summed E-state index contributed by atoms with van der Waals surface area (Å²) in [6.45, 7) is 2.55. The van der Waals surface area contributed by atoms with Crippen LogP contribution in [0.2, 0.25) is 0 Å². The van der Waals surface area contributed by atoms with Crippen molar-refractivity contribution in [1.82, 2.24) is 9.78 Å². The summed E-state index contributed by atoms with van der Waals surface area (Å²) < 4.78 is 24.9. The van der Waals surface area contributed by atoms with Crippen LogP contribution in [0.1, 0.15) is 42.1 Å². The molecule has 0 unspecified atom stereocenters. The molecule has 2 aliphatic rings. The minimum atomic E-state index is -0.537. The zero-order valence-electron chi connectivity index (χ0n) is 17.9. The van der Waals surface area contributed by atoms with E-state index in [-0.39, 0.29) is 6.10 Å². The molecule has 2 fully saturated rings. The van der Waals surface area contributed by atoms with Crippen molar-refractivity contribution in [2.45, 2.75) is 37.8 Å². The van der Waals surface area contributed by atoms with Crippen LogP contribution in [-0.2, 0) is 9.47 Å². The Hall–Kier alpha value is -3.10. The van der Waals surface area contributed by atoms with Crippen LogP contribution in [-0.4, -0.2) is 48.2 Å². The van der Waals surface area contributed by atoms with E-state index in [1.807, 2.05) is 35.0 Å². The number of primary amides is 1. The number of aromatic nitrogens is 2. The second-order valence-corrected chi connectivity index (χ2v) is 8.20. The van der Waals surface area contributed by atoms with Gasteiger partial charge in [-0.05, 0) is 56.0 Å². The first-order chi connectivity index (χ1) is 15.7. The molecule has 168 valence electrons. The van der Waals surface area contributed by atoms with Gasteiger partial charge in [-0.1, -0.05) is 0 Å². The van der Waals surface area contributed by atoms with Gasteiger partial charge in [0.1, 0.15) is 23.9 Å². The number of benzene rings is 2. The number of nitrogens with zero attached hydrogens (tertiary/aromatic N) is 2. The predicted octanol–water partition coefficient (Wildman–Crippen LogP) is 3.84. The fourth-order valence-corrected chi connectivity index (χ4v) is 3.91. The Labute approximate surface area is 186 Å². The lowest BCUT2D eigenvalue weighted by Crippen LogP contribution is -2.25. The van der Waals surface area contributed by atoms with E-state index < -0.39 is 5.91 Å². The summed E-state index contributed by atoms with van der Waals surface area (Å²) in [6.07, 6.45) is 6.13. The molecule has 1 saturated heterocycles. The fourth-order valence-electron chi connectivity index (χ4n) is 3.91. The number of fused-ring (bicyclic) bond motifs is 1. The monoisotopic (exact) mass is 437 g/mol. The van der Waals surface area contributed by atoms with Crippen molar-refractivity contribution < 1.29 is 23.7 Å². The Bertz CT molecular complexity index is 1080. The van der Waals surface area contributed by atoms with E-state index in [1.54, 1.807) is 12.3 Å². The number of ether oxygens (including phenoxy) is 4. The highest BCUT2D eigenvalue weighted by atomic mass is 16.5. The molecular formula is C24H27N3O5. The number of nitrogens with two attached hydrogens (primary N) is 1. The van der Waals surface area contributed by atoms with Crippen LogP contribution in [0.25, 0.3) is 10.9 Å². The van der Waals surface area contributed by atoms with Crippen molar-refractivity contribution in [3.8, 4) is 17.2 Å². The van der Waals surface area contributed by atoms with Gasteiger partial charge in [0.25, 0.3) is 5.91 Å². The lowest BCUT2D eigenvalue weighted by molar-refractivity contribution is -0.0388. The first-order valence-electron chi connectivity index (χ1n) is 11.1. The van der Waals surface area contributed by atoms with E-state index in [1.165, 1.54) is 0 Å². The van der Waals surface area contributed by atoms with Crippen molar-refractivity contribution in [1.29, 1.82) is 0 Å². The first kappa shape index (κ1) is 20.8. The molecule has 2 N–H and O–H groups in total. The van der Waals surface area contributed by atoms with Crippen molar-refractivity contribution >= 4 is 16.8 Å². The zero-order valence-corrected chi connectivity index (χ0v) is 17.9. The maximum atomic E-state index is 12.0. The normalized spacial score (nSPS) is 16.9. The highest BCUT2D eigenvalue weighted by molar-refractivity contribution is 6.00. The van der Waals surface area contributed by atoms with Gasteiger partial charge in [-0.25, -0.2) is 0 Å². The number of carbonyl (C=O) groups excluding carboxylic acids is 1. The third-order valence-electron chi connectivity index (χ3n) is 5.78. The molecule has 0 radical (unpaired) electrons. The molecule has 1 amide bonds. The van der Waals surface area contributed by atoms with E-state index >= 15 is 0 Å². The van der Waals surface area contributed by atoms with Crippen LogP contribution < -0.4 is 15.2 Å². The minimum Gasteiger partial charge on any atom is -0.491 e. The van der Waals surface area contributed by atoms with Gasteiger partial charge in [0, 0.05) is 24.7 Å². The van der Waals surface area contributed by atoms with Crippen LogP contribution in [0.4, 0.5) is 0 Å². The van der Waals surface area contributed by atoms with Crippen molar-refractivity contribution in [2.24, 2.45) is 5.73 Å². The third kappa shape index (κ3) is 4.71. The Kier molecular flexibility index (Phi) is 5.96. The minimum absolute atomic E-state index is 0.260. The number of hydrogen-bond acceptors (Lipinski definition) is 6. The first-order valence-corrected chi connectivity index (χ1v) is 11.1. The van der Waals surface area contributed by atoms with E-state index in [0.29, 0.717) is 36.3 Å². The summed E-state index contributed by atoms with van der Waals surface area (Å²) in [7, 11) is 0. The van der Waals surface area contributed by atoms with Gasteiger partial charge in [0.2, 0.25) is 0 Å². The highest BCUT2D eigenvalue weighted by Gasteiger charge is 2.26. The fraction of sp³-hybridized carbons (Fsp3) is 0.417. The van der Waals surface area contributed by atoms with Crippen LogP contribution in [0.15, 0.2) is 42.6 Å². The third-order valence-corrected chi connectivity index (χ3v) is 5.78. The standard InChI is InChI=1S/C24H27N3O5/c25-24(28)21-13-16-15-26-27(17-1-2-17)22(16)14-23(21)32-20-5-3-18(4-6-20)30-11-12-31-19-7-9-29-10-8-19/h3-6,13-15,17,19H,1-2,7-12H2,(H2,25,28). The second kappa shape index (κ2) is 9.18. The lowest BCUT2D eigenvalue weighted by atomic mass is 10.1. The molecule has 0 spiro atoms. The molecule has 0 atom stereocenters. The quantitative estimate of drug-likeness (QED) is 0.511. The Balaban J connectivity index is 1.23. The maximum Gasteiger partial charge on any atom is 0.252 e. The smallest absolute Gasteiger partial charge is 0.252 e. The summed E-state index contributed by atoms with van der Waals surface area (Å²) in [4.78, 5) is 12.0. The summed E-state index contributed by atoms with van der Waals surface area (Å²) in [5, 5.41) is 5.34. The van der Waals surface area contributed by atoms with Crippen LogP contribution in [0.5, 0.6) is 17.2 Å². The summed E-state index contributed by atoms with van der Waals surface area (Å²) in [5.41, 5.74) is 6.87. The number of amides is 1. The molecule has 1 aromatic heterocycles. The van der Waals surface area contributed by atoms with Gasteiger partial charge in [-0.3, -0.25) is 9.48 Å². The lowest BCUT2D eigenvalue weighted by Gasteiger charge is -2.22. The summed E-state index contributed by atoms with van der Waals surface area (Å²) >= 11 is 0. The molecule has 5 rings (SSSR count). The van der Waals surface area contributed by atoms with E-state index in [4.69, 9.17) is 24.7 Å². The molecular weight excluding hydrogens is 410 g/mol. The largest absolute Gasteiger partial charge is 0.491 e. The topological polar surface area (TPSA) is 97.8 Å². The van der Waals surface area contributed by atoms with Crippen molar-refractivity contribution in [3.63, 3.8) is 0 Å². The van der Waals surface area contributed by atoms with E-state index in [0.717, 1.165) is 55.5 Å². The molecule has 32 heavy (non-hydrogen) atoms. The van der Waals surface area contributed by atoms with Crippen LogP contribution in [0.3, 0.4) is 0 Å². The van der Waals surface area contributed by atoms with Gasteiger partial charge in [-0.2, -0.15) is 5.10 Å². The Morgan fingerprint density at radius 2 is 1.81 bits per heavy atom. The highest BCUT2D eigenvalue weighted by Crippen LogP contribution is 2.38.